The van der Waals surface area contributed by atoms with Gasteiger partial charge in [-0.2, -0.15) is 0 Å². The maximum absolute atomic E-state index is 11.3. The largest absolute Gasteiger partial charge is 0.458 e. The minimum Gasteiger partial charge on any atom is -0.458 e. The Labute approximate surface area is 139 Å². The van der Waals surface area contributed by atoms with Crippen LogP contribution in [0.1, 0.15) is 59.8 Å². The van der Waals surface area contributed by atoms with Gasteiger partial charge in [0, 0.05) is 11.6 Å². The van der Waals surface area contributed by atoms with Crippen molar-refractivity contribution in [3.05, 3.63) is 23.3 Å². The molecule has 3 nitrogen and oxygen atoms in total. The van der Waals surface area contributed by atoms with Crippen LogP contribution >= 0.6 is 0 Å². The maximum Gasteiger partial charge on any atom is 0.331 e. The van der Waals surface area contributed by atoms with Gasteiger partial charge in [0.1, 0.15) is 6.61 Å². The second kappa shape index (κ2) is 5.77. The Bertz CT molecular complexity index is 561. The van der Waals surface area contributed by atoms with Crippen molar-refractivity contribution >= 4 is 5.97 Å². The number of allylic oxidation sites excluding steroid dienone is 2. The van der Waals surface area contributed by atoms with Gasteiger partial charge in [-0.3, -0.25) is 0 Å². The number of esters is 1. The Morgan fingerprint density at radius 3 is 2.78 bits per heavy atom. The van der Waals surface area contributed by atoms with E-state index in [1.54, 1.807) is 0 Å². The summed E-state index contributed by atoms with van der Waals surface area (Å²) in [5.41, 5.74) is 2.63. The summed E-state index contributed by atoms with van der Waals surface area (Å²) in [6.07, 6.45) is 8.85. The molecular formula is C20H30O3. The number of aliphatic hydroxyl groups excluding tert-OH is 1. The average molecular weight is 318 g/mol. The molecule has 0 bridgehead atoms. The van der Waals surface area contributed by atoms with Crippen LogP contribution in [0.2, 0.25) is 0 Å². The zero-order valence-corrected chi connectivity index (χ0v) is 14.9. The number of carbonyl (C=O) groups is 1. The molecule has 3 rings (SSSR count). The summed E-state index contributed by atoms with van der Waals surface area (Å²) in [6, 6.07) is 0. The van der Waals surface area contributed by atoms with E-state index in [2.05, 4.69) is 33.8 Å². The van der Waals surface area contributed by atoms with E-state index in [-0.39, 0.29) is 23.4 Å². The van der Waals surface area contributed by atoms with Crippen LogP contribution in [0.3, 0.4) is 0 Å². The second-order valence-corrected chi connectivity index (χ2v) is 8.43. The summed E-state index contributed by atoms with van der Waals surface area (Å²) >= 11 is 0. The van der Waals surface area contributed by atoms with Crippen LogP contribution in [-0.2, 0) is 9.53 Å². The van der Waals surface area contributed by atoms with E-state index in [1.807, 2.05) is 0 Å². The van der Waals surface area contributed by atoms with Gasteiger partial charge in [0.2, 0.25) is 0 Å². The molecule has 0 aromatic heterocycles. The van der Waals surface area contributed by atoms with Gasteiger partial charge in [0.05, 0.1) is 6.10 Å². The highest BCUT2D eigenvalue weighted by atomic mass is 16.5. The number of aliphatic hydroxyl groups is 1. The zero-order valence-electron chi connectivity index (χ0n) is 14.9. The van der Waals surface area contributed by atoms with Gasteiger partial charge in [-0.05, 0) is 61.7 Å². The molecular weight excluding hydrogens is 288 g/mol. The Kier molecular flexibility index (Phi) is 4.20. The number of hydrogen-bond donors (Lipinski definition) is 1. The van der Waals surface area contributed by atoms with Crippen molar-refractivity contribution in [1.29, 1.82) is 0 Å². The van der Waals surface area contributed by atoms with E-state index in [1.165, 1.54) is 30.9 Å². The molecule has 0 unspecified atom stereocenters. The molecule has 1 saturated carbocycles. The molecule has 3 heteroatoms. The molecule has 0 amide bonds. The minimum absolute atomic E-state index is 0.0917. The number of rotatable bonds is 3. The van der Waals surface area contributed by atoms with Crippen molar-refractivity contribution in [3.63, 3.8) is 0 Å². The molecule has 3 aliphatic rings. The lowest BCUT2D eigenvalue weighted by Crippen LogP contribution is -2.51. The quantitative estimate of drug-likeness (QED) is 0.631. The molecule has 0 radical (unpaired) electrons. The third-order valence-electron chi connectivity index (χ3n) is 7.34. The van der Waals surface area contributed by atoms with Crippen LogP contribution in [0.4, 0.5) is 0 Å². The highest BCUT2D eigenvalue weighted by Crippen LogP contribution is 2.61. The predicted molar refractivity (Wildman–Crippen MR) is 90.8 cm³/mol. The van der Waals surface area contributed by atoms with E-state index in [0.717, 1.165) is 18.4 Å². The van der Waals surface area contributed by atoms with E-state index in [9.17, 15) is 9.90 Å². The van der Waals surface area contributed by atoms with Crippen molar-refractivity contribution in [3.8, 4) is 0 Å². The molecule has 0 spiro atoms. The predicted octanol–water partition coefficient (Wildman–Crippen LogP) is 4.02. The number of fused-ring (bicyclic) bond motifs is 1. The summed E-state index contributed by atoms with van der Waals surface area (Å²) in [5, 5.41) is 10.7. The standard InChI is InChI=1S/C20H30O3/c1-13-6-5-7-17-19(13,3)9-8-14(2)20(17,4)11-16(21)15-10-18(22)23-12-15/h6,10,14,16-17,21H,5,7-9,11-12H2,1-4H3/t14-,16-,17+,19+,20+/m0/s1. The normalized spacial score (nSPS) is 41.7. The zero-order chi connectivity index (χ0) is 16.8. The first-order chi connectivity index (χ1) is 10.8. The SMILES string of the molecule is CC1=CCC[C@H]2[C@](C)(C[C@H](O)C3=CC(=O)OC3)[C@@H](C)CC[C@]12C. The number of cyclic esters (lactones) is 1. The minimum atomic E-state index is -0.567. The third-order valence-corrected chi connectivity index (χ3v) is 7.34. The van der Waals surface area contributed by atoms with Crippen LogP contribution in [0.25, 0.3) is 0 Å². The molecule has 0 saturated heterocycles. The molecule has 1 heterocycles. The summed E-state index contributed by atoms with van der Waals surface area (Å²) < 4.78 is 4.98. The van der Waals surface area contributed by atoms with Gasteiger partial charge in [-0.1, -0.05) is 32.4 Å². The Morgan fingerprint density at radius 1 is 1.39 bits per heavy atom. The Hall–Kier alpha value is -1.09. The molecule has 2 aliphatic carbocycles. The van der Waals surface area contributed by atoms with E-state index >= 15 is 0 Å². The summed E-state index contributed by atoms with van der Waals surface area (Å²) in [4.78, 5) is 11.3. The molecule has 1 aliphatic heterocycles. The fraction of sp³-hybridized carbons (Fsp3) is 0.750. The van der Waals surface area contributed by atoms with Gasteiger partial charge in [-0.25, -0.2) is 4.79 Å². The van der Waals surface area contributed by atoms with Gasteiger partial charge in [-0.15, -0.1) is 0 Å². The Morgan fingerprint density at radius 2 is 2.13 bits per heavy atom. The highest BCUT2D eigenvalue weighted by molar-refractivity contribution is 5.85. The first-order valence-electron chi connectivity index (χ1n) is 9.00. The lowest BCUT2D eigenvalue weighted by molar-refractivity contribution is -0.135. The molecule has 1 fully saturated rings. The molecule has 0 aromatic carbocycles. The molecule has 0 aromatic rings. The first-order valence-corrected chi connectivity index (χ1v) is 9.00. The van der Waals surface area contributed by atoms with Gasteiger partial charge in [0.15, 0.2) is 0 Å². The van der Waals surface area contributed by atoms with E-state index in [0.29, 0.717) is 11.8 Å². The van der Waals surface area contributed by atoms with Gasteiger partial charge in [0.25, 0.3) is 0 Å². The van der Waals surface area contributed by atoms with Crippen molar-refractivity contribution in [1.82, 2.24) is 0 Å². The van der Waals surface area contributed by atoms with Crippen molar-refractivity contribution in [2.45, 2.75) is 65.9 Å². The number of carbonyl (C=O) groups excluding carboxylic acids is 1. The van der Waals surface area contributed by atoms with Crippen molar-refractivity contribution < 1.29 is 14.6 Å². The van der Waals surface area contributed by atoms with Crippen LogP contribution in [0.15, 0.2) is 23.3 Å². The summed E-state index contributed by atoms with van der Waals surface area (Å²) in [6.45, 7) is 9.65. The van der Waals surface area contributed by atoms with Crippen molar-refractivity contribution in [2.24, 2.45) is 22.7 Å². The number of ether oxygens (including phenoxy) is 1. The number of hydrogen-bond acceptors (Lipinski definition) is 3. The van der Waals surface area contributed by atoms with Crippen LogP contribution < -0.4 is 0 Å². The van der Waals surface area contributed by atoms with Gasteiger partial charge < -0.3 is 9.84 Å². The Balaban J connectivity index is 1.87. The maximum atomic E-state index is 11.3. The molecule has 23 heavy (non-hydrogen) atoms. The van der Waals surface area contributed by atoms with Gasteiger partial charge >= 0.3 is 5.97 Å². The van der Waals surface area contributed by atoms with E-state index in [4.69, 9.17) is 4.74 Å². The smallest absolute Gasteiger partial charge is 0.331 e. The molecule has 5 atom stereocenters. The lowest BCUT2D eigenvalue weighted by atomic mass is 9.47. The monoisotopic (exact) mass is 318 g/mol. The van der Waals surface area contributed by atoms with Crippen LogP contribution in [0, 0.1) is 22.7 Å². The molecule has 128 valence electrons. The fourth-order valence-electron chi connectivity index (χ4n) is 5.38. The lowest BCUT2D eigenvalue weighted by Gasteiger charge is -2.58. The first kappa shape index (κ1) is 16.8. The van der Waals surface area contributed by atoms with E-state index < -0.39 is 6.10 Å². The third kappa shape index (κ3) is 2.67. The summed E-state index contributed by atoms with van der Waals surface area (Å²) in [5.74, 6) is 0.860. The molecule has 1 N–H and O–H groups in total. The highest BCUT2D eigenvalue weighted by Gasteiger charge is 2.53. The fourth-order valence-corrected chi connectivity index (χ4v) is 5.38. The second-order valence-electron chi connectivity index (χ2n) is 8.43. The topological polar surface area (TPSA) is 46.5 Å². The van der Waals surface area contributed by atoms with Crippen molar-refractivity contribution in [2.75, 3.05) is 6.61 Å². The average Bonchev–Trinajstić information content (AvgIpc) is 2.93. The summed E-state index contributed by atoms with van der Waals surface area (Å²) in [7, 11) is 0. The van der Waals surface area contributed by atoms with Crippen LogP contribution in [0.5, 0.6) is 0 Å². The van der Waals surface area contributed by atoms with Crippen LogP contribution in [-0.4, -0.2) is 23.8 Å².